The molecule has 21 heavy (non-hydrogen) atoms. The van der Waals surface area contributed by atoms with Crippen LogP contribution in [0.2, 0.25) is 0 Å². The molecule has 0 aromatic carbocycles. The van der Waals surface area contributed by atoms with Crippen molar-refractivity contribution < 1.29 is 29.0 Å². The summed E-state index contributed by atoms with van der Waals surface area (Å²) in [5.41, 5.74) is 0. The van der Waals surface area contributed by atoms with E-state index in [1.807, 2.05) is 0 Å². The number of rotatable bonds is 7. The predicted molar refractivity (Wildman–Crippen MR) is 72.8 cm³/mol. The number of aliphatic carboxylic acids is 1. The van der Waals surface area contributed by atoms with Crippen LogP contribution in [0.1, 0.15) is 32.1 Å². The molecule has 1 aliphatic heterocycles. The summed E-state index contributed by atoms with van der Waals surface area (Å²) in [6, 6.07) is -1.71. The molecule has 1 saturated heterocycles. The third-order valence-corrected chi connectivity index (χ3v) is 3.23. The Hall–Kier alpha value is -1.83. The van der Waals surface area contributed by atoms with E-state index in [1.165, 1.54) is 7.11 Å². The normalized spacial score (nSPS) is 19.4. The molecule has 0 spiro atoms. The van der Waals surface area contributed by atoms with Gasteiger partial charge in [0.25, 0.3) is 0 Å². The van der Waals surface area contributed by atoms with Crippen molar-refractivity contribution in [1.29, 1.82) is 0 Å². The summed E-state index contributed by atoms with van der Waals surface area (Å²) in [5.74, 6) is -1.71. The first-order chi connectivity index (χ1) is 10.0. The number of hydrogen-bond donors (Lipinski definition) is 3. The predicted octanol–water partition coefficient (Wildman–Crippen LogP) is 0.261. The van der Waals surface area contributed by atoms with Gasteiger partial charge in [0.05, 0.1) is 13.2 Å². The second-order valence-corrected chi connectivity index (χ2v) is 4.85. The van der Waals surface area contributed by atoms with E-state index >= 15 is 0 Å². The van der Waals surface area contributed by atoms with Crippen LogP contribution < -0.4 is 10.6 Å². The average molecular weight is 302 g/mol. The molecular weight excluding hydrogens is 280 g/mol. The standard InChI is InChI=1S/C13H22N2O6/c1-20-11(16)6-5-10(12(17)18)15-13(19)14-8-9-4-2-3-7-21-9/h9-10H,2-8H2,1H3,(H,17,18)(H2,14,15,19)/t9?,10-/m0/s1. The molecule has 120 valence electrons. The van der Waals surface area contributed by atoms with Gasteiger partial charge < -0.3 is 25.2 Å². The van der Waals surface area contributed by atoms with Gasteiger partial charge in [-0.3, -0.25) is 4.79 Å². The molecule has 2 amide bonds. The van der Waals surface area contributed by atoms with E-state index in [1.54, 1.807) is 0 Å². The van der Waals surface area contributed by atoms with Crippen molar-refractivity contribution in [1.82, 2.24) is 10.6 Å². The van der Waals surface area contributed by atoms with Crippen molar-refractivity contribution >= 4 is 18.0 Å². The molecule has 1 rings (SSSR count). The van der Waals surface area contributed by atoms with Gasteiger partial charge in [-0.1, -0.05) is 0 Å². The zero-order valence-corrected chi connectivity index (χ0v) is 12.1. The highest BCUT2D eigenvalue weighted by atomic mass is 16.5. The van der Waals surface area contributed by atoms with Gasteiger partial charge in [0.1, 0.15) is 6.04 Å². The highest BCUT2D eigenvalue weighted by Gasteiger charge is 2.22. The highest BCUT2D eigenvalue weighted by Crippen LogP contribution is 2.11. The Morgan fingerprint density at radius 2 is 2.14 bits per heavy atom. The van der Waals surface area contributed by atoms with E-state index in [-0.39, 0.29) is 18.9 Å². The van der Waals surface area contributed by atoms with Crippen molar-refractivity contribution in [3.63, 3.8) is 0 Å². The second-order valence-electron chi connectivity index (χ2n) is 4.85. The minimum atomic E-state index is -1.19. The van der Waals surface area contributed by atoms with Crippen LogP contribution in [-0.2, 0) is 19.1 Å². The van der Waals surface area contributed by atoms with Gasteiger partial charge in [-0.15, -0.1) is 0 Å². The fourth-order valence-electron chi connectivity index (χ4n) is 2.01. The van der Waals surface area contributed by atoms with E-state index in [0.717, 1.165) is 19.3 Å². The number of methoxy groups -OCH3 is 1. The van der Waals surface area contributed by atoms with E-state index in [4.69, 9.17) is 9.84 Å². The summed E-state index contributed by atoms with van der Waals surface area (Å²) in [6.07, 6.45) is 2.85. The van der Waals surface area contributed by atoms with Crippen molar-refractivity contribution in [2.45, 2.75) is 44.2 Å². The van der Waals surface area contributed by atoms with Gasteiger partial charge in [0.15, 0.2) is 0 Å². The van der Waals surface area contributed by atoms with Crippen LogP contribution in [0.4, 0.5) is 4.79 Å². The number of amides is 2. The van der Waals surface area contributed by atoms with Crippen molar-refractivity contribution in [3.05, 3.63) is 0 Å². The number of nitrogens with one attached hydrogen (secondary N) is 2. The monoisotopic (exact) mass is 302 g/mol. The molecule has 2 atom stereocenters. The van der Waals surface area contributed by atoms with Gasteiger partial charge in [-0.05, 0) is 25.7 Å². The Morgan fingerprint density at radius 1 is 1.38 bits per heavy atom. The topological polar surface area (TPSA) is 114 Å². The van der Waals surface area contributed by atoms with Gasteiger partial charge in [-0.2, -0.15) is 0 Å². The lowest BCUT2D eigenvalue weighted by Gasteiger charge is -2.23. The quantitative estimate of drug-likeness (QED) is 0.581. The molecule has 1 unspecified atom stereocenters. The van der Waals surface area contributed by atoms with Crippen LogP contribution in [-0.4, -0.2) is 55.5 Å². The molecule has 0 bridgehead atoms. The molecule has 1 fully saturated rings. The maximum atomic E-state index is 11.7. The number of carboxylic acids is 1. The first-order valence-corrected chi connectivity index (χ1v) is 6.98. The molecule has 1 heterocycles. The van der Waals surface area contributed by atoms with Gasteiger partial charge in [0, 0.05) is 19.6 Å². The fourth-order valence-corrected chi connectivity index (χ4v) is 2.01. The minimum Gasteiger partial charge on any atom is -0.480 e. The summed E-state index contributed by atoms with van der Waals surface area (Å²) < 4.78 is 9.89. The maximum Gasteiger partial charge on any atom is 0.326 e. The van der Waals surface area contributed by atoms with Crippen LogP contribution in [0.15, 0.2) is 0 Å². The smallest absolute Gasteiger partial charge is 0.326 e. The molecule has 0 aliphatic carbocycles. The van der Waals surface area contributed by atoms with Crippen LogP contribution in [0.5, 0.6) is 0 Å². The van der Waals surface area contributed by atoms with E-state index in [0.29, 0.717) is 13.2 Å². The summed E-state index contributed by atoms with van der Waals surface area (Å²) in [5, 5.41) is 13.9. The van der Waals surface area contributed by atoms with Crippen LogP contribution >= 0.6 is 0 Å². The summed E-state index contributed by atoms with van der Waals surface area (Å²) in [4.78, 5) is 33.7. The minimum absolute atomic E-state index is 0.0185. The Balaban J connectivity index is 2.30. The maximum absolute atomic E-state index is 11.7. The molecule has 8 nitrogen and oxygen atoms in total. The zero-order valence-electron chi connectivity index (χ0n) is 12.1. The largest absolute Gasteiger partial charge is 0.480 e. The Labute approximate surface area is 123 Å². The number of hydrogen-bond acceptors (Lipinski definition) is 5. The van der Waals surface area contributed by atoms with Crippen molar-refractivity contribution in [2.24, 2.45) is 0 Å². The van der Waals surface area contributed by atoms with Gasteiger partial charge >= 0.3 is 18.0 Å². The highest BCUT2D eigenvalue weighted by molar-refractivity contribution is 5.83. The molecule has 1 aliphatic rings. The zero-order chi connectivity index (χ0) is 15.7. The SMILES string of the molecule is COC(=O)CC[C@H](NC(=O)NCC1CCCCO1)C(=O)O. The number of esters is 1. The van der Waals surface area contributed by atoms with E-state index in [2.05, 4.69) is 15.4 Å². The molecular formula is C13H22N2O6. The van der Waals surface area contributed by atoms with Crippen LogP contribution in [0.25, 0.3) is 0 Å². The lowest BCUT2D eigenvalue weighted by Crippen LogP contribution is -2.48. The first kappa shape index (κ1) is 17.2. The van der Waals surface area contributed by atoms with Crippen molar-refractivity contribution in [3.8, 4) is 0 Å². The Morgan fingerprint density at radius 3 is 2.71 bits per heavy atom. The Bertz CT molecular complexity index is 368. The number of ether oxygens (including phenoxy) is 2. The summed E-state index contributed by atoms with van der Waals surface area (Å²) in [6.45, 7) is 1.03. The molecule has 3 N–H and O–H groups in total. The number of carboxylic acid groups (broad SMARTS) is 1. The molecule has 0 aromatic rings. The van der Waals surface area contributed by atoms with E-state index < -0.39 is 24.0 Å². The fraction of sp³-hybridized carbons (Fsp3) is 0.769. The van der Waals surface area contributed by atoms with Gasteiger partial charge in [-0.25, -0.2) is 9.59 Å². The molecule has 0 aromatic heterocycles. The third kappa shape index (κ3) is 6.94. The lowest BCUT2D eigenvalue weighted by atomic mass is 10.1. The average Bonchev–Trinajstić information content (AvgIpc) is 2.49. The molecule has 0 saturated carbocycles. The van der Waals surface area contributed by atoms with Crippen molar-refractivity contribution in [2.75, 3.05) is 20.3 Å². The van der Waals surface area contributed by atoms with Gasteiger partial charge in [0.2, 0.25) is 0 Å². The third-order valence-electron chi connectivity index (χ3n) is 3.23. The number of carbonyl (C=O) groups is 3. The molecule has 0 radical (unpaired) electrons. The summed E-state index contributed by atoms with van der Waals surface area (Å²) in [7, 11) is 1.22. The second kappa shape index (κ2) is 9.17. The van der Waals surface area contributed by atoms with E-state index in [9.17, 15) is 14.4 Å². The summed E-state index contributed by atoms with van der Waals surface area (Å²) >= 11 is 0. The Kier molecular flexibility index (Phi) is 7.52. The van der Waals surface area contributed by atoms with Crippen LogP contribution in [0, 0.1) is 0 Å². The van der Waals surface area contributed by atoms with Crippen LogP contribution in [0.3, 0.4) is 0 Å². The first-order valence-electron chi connectivity index (χ1n) is 6.98. The molecule has 8 heteroatoms. The lowest BCUT2D eigenvalue weighted by molar-refractivity contribution is -0.142. The number of carbonyl (C=O) groups excluding carboxylic acids is 2. The number of urea groups is 1.